The van der Waals surface area contributed by atoms with Gasteiger partial charge in [-0.2, -0.15) is 0 Å². The molecule has 186 valence electrons. The zero-order valence-electron chi connectivity index (χ0n) is 20.9. The number of hydrogen-bond donors (Lipinski definition) is 1. The molecule has 0 aliphatic heterocycles. The van der Waals surface area contributed by atoms with E-state index in [0.717, 1.165) is 53.7 Å². The summed E-state index contributed by atoms with van der Waals surface area (Å²) in [5.41, 5.74) is 4.04. The van der Waals surface area contributed by atoms with Crippen LogP contribution in [0.4, 0.5) is 0 Å². The summed E-state index contributed by atoms with van der Waals surface area (Å²) in [5, 5.41) is 3.01. The second-order valence-corrected chi connectivity index (χ2v) is 9.16. The summed E-state index contributed by atoms with van der Waals surface area (Å²) in [6.07, 6.45) is 4.06. The number of amides is 2. The summed E-state index contributed by atoms with van der Waals surface area (Å²) in [4.78, 5) is 31.8. The van der Waals surface area contributed by atoms with Gasteiger partial charge in [-0.25, -0.2) is 4.98 Å². The molecule has 1 aromatic heterocycles. The van der Waals surface area contributed by atoms with Crippen molar-refractivity contribution in [2.75, 3.05) is 13.6 Å². The SMILES string of the molecule is CN(Cc1ccccc1)C(=O)Cn1c(CCCCCNC(=O)Cc2ccccc2)nc2ccccc21. The highest BCUT2D eigenvalue weighted by molar-refractivity contribution is 5.81. The molecule has 0 atom stereocenters. The summed E-state index contributed by atoms with van der Waals surface area (Å²) < 4.78 is 2.06. The third kappa shape index (κ3) is 7.04. The Kier molecular flexibility index (Phi) is 8.87. The third-order valence-electron chi connectivity index (χ3n) is 6.32. The van der Waals surface area contributed by atoms with Crippen molar-refractivity contribution in [3.8, 4) is 0 Å². The lowest BCUT2D eigenvalue weighted by molar-refractivity contribution is -0.131. The van der Waals surface area contributed by atoms with Gasteiger partial charge in [-0.1, -0.05) is 79.2 Å². The summed E-state index contributed by atoms with van der Waals surface area (Å²) in [7, 11) is 1.85. The fourth-order valence-corrected chi connectivity index (χ4v) is 4.35. The maximum atomic E-state index is 13.1. The maximum absolute atomic E-state index is 13.1. The average molecular weight is 483 g/mol. The van der Waals surface area contributed by atoms with Gasteiger partial charge in [-0.15, -0.1) is 0 Å². The minimum absolute atomic E-state index is 0.0566. The van der Waals surface area contributed by atoms with Crippen LogP contribution in [0.3, 0.4) is 0 Å². The third-order valence-corrected chi connectivity index (χ3v) is 6.32. The number of fused-ring (bicyclic) bond motifs is 1. The van der Waals surface area contributed by atoms with Crippen molar-refractivity contribution in [2.45, 2.75) is 45.2 Å². The molecule has 0 aliphatic carbocycles. The molecule has 1 N–H and O–H groups in total. The van der Waals surface area contributed by atoms with E-state index in [1.165, 1.54) is 0 Å². The number of aryl methyl sites for hydroxylation is 1. The molecule has 2 amide bonds. The van der Waals surface area contributed by atoms with E-state index in [9.17, 15) is 9.59 Å². The Hall–Kier alpha value is -3.93. The number of para-hydroxylation sites is 2. The number of carbonyl (C=O) groups is 2. The molecule has 0 radical (unpaired) electrons. The molecule has 6 heteroatoms. The van der Waals surface area contributed by atoms with Gasteiger partial charge in [-0.3, -0.25) is 9.59 Å². The molecular weight excluding hydrogens is 448 g/mol. The first-order chi connectivity index (χ1) is 17.6. The summed E-state index contributed by atoms with van der Waals surface area (Å²) in [6, 6.07) is 27.8. The molecule has 0 spiro atoms. The van der Waals surface area contributed by atoms with Crippen LogP contribution in [0.1, 0.15) is 36.2 Å². The topological polar surface area (TPSA) is 67.2 Å². The summed E-state index contributed by atoms with van der Waals surface area (Å²) in [6.45, 7) is 1.53. The number of likely N-dealkylation sites (N-methyl/N-ethyl adjacent to an activating group) is 1. The van der Waals surface area contributed by atoms with E-state index in [2.05, 4.69) is 9.88 Å². The van der Waals surface area contributed by atoms with E-state index in [0.29, 0.717) is 19.5 Å². The first kappa shape index (κ1) is 25.2. The van der Waals surface area contributed by atoms with E-state index >= 15 is 0 Å². The van der Waals surface area contributed by atoms with Gasteiger partial charge in [0, 0.05) is 26.6 Å². The average Bonchev–Trinajstić information content (AvgIpc) is 3.24. The second kappa shape index (κ2) is 12.7. The predicted octanol–water partition coefficient (Wildman–Crippen LogP) is 4.77. The number of benzene rings is 3. The van der Waals surface area contributed by atoms with Crippen LogP contribution < -0.4 is 5.32 Å². The van der Waals surface area contributed by atoms with Gasteiger partial charge < -0.3 is 14.8 Å². The zero-order valence-corrected chi connectivity index (χ0v) is 20.9. The molecule has 4 rings (SSSR count). The Labute approximate surface area is 213 Å². The van der Waals surface area contributed by atoms with E-state index in [1.807, 2.05) is 92.0 Å². The molecular formula is C30H34N4O2. The van der Waals surface area contributed by atoms with E-state index in [-0.39, 0.29) is 18.4 Å². The van der Waals surface area contributed by atoms with Crippen molar-refractivity contribution in [1.29, 1.82) is 0 Å². The minimum Gasteiger partial charge on any atom is -0.356 e. The van der Waals surface area contributed by atoms with Crippen molar-refractivity contribution < 1.29 is 9.59 Å². The molecule has 0 saturated heterocycles. The van der Waals surface area contributed by atoms with Crippen LogP contribution in [0.5, 0.6) is 0 Å². The number of unbranched alkanes of at least 4 members (excludes halogenated alkanes) is 2. The lowest BCUT2D eigenvalue weighted by atomic mass is 10.1. The van der Waals surface area contributed by atoms with E-state index < -0.39 is 0 Å². The normalized spacial score (nSPS) is 10.9. The number of carbonyl (C=O) groups excluding carboxylic acids is 2. The van der Waals surface area contributed by atoms with E-state index in [1.54, 1.807) is 4.90 Å². The summed E-state index contributed by atoms with van der Waals surface area (Å²) in [5.74, 6) is 1.05. The van der Waals surface area contributed by atoms with Gasteiger partial charge >= 0.3 is 0 Å². The lowest BCUT2D eigenvalue weighted by Crippen LogP contribution is -2.30. The van der Waals surface area contributed by atoms with Crippen molar-refractivity contribution >= 4 is 22.8 Å². The molecule has 4 aromatic rings. The number of imidazole rings is 1. The molecule has 0 fully saturated rings. The Balaban J connectivity index is 1.28. The Morgan fingerprint density at radius 2 is 1.50 bits per heavy atom. The van der Waals surface area contributed by atoms with Crippen LogP contribution in [-0.4, -0.2) is 39.9 Å². The standard InChI is InChI=1S/C30H34N4O2/c1-33(22-25-15-7-3-8-16-25)30(36)23-34-27-18-11-10-17-26(27)32-28(34)19-9-4-12-20-31-29(35)21-24-13-5-2-6-14-24/h2-3,5-8,10-11,13-18H,4,9,12,19-23H2,1H3,(H,31,35). The monoisotopic (exact) mass is 482 g/mol. The number of rotatable bonds is 12. The first-order valence-electron chi connectivity index (χ1n) is 12.6. The Morgan fingerprint density at radius 3 is 2.25 bits per heavy atom. The Bertz CT molecular complexity index is 1270. The molecule has 3 aromatic carbocycles. The lowest BCUT2D eigenvalue weighted by Gasteiger charge is -2.19. The highest BCUT2D eigenvalue weighted by Crippen LogP contribution is 2.18. The van der Waals surface area contributed by atoms with Crippen molar-refractivity contribution in [3.05, 3.63) is 102 Å². The number of aromatic nitrogens is 2. The van der Waals surface area contributed by atoms with Crippen LogP contribution in [-0.2, 0) is 35.5 Å². The van der Waals surface area contributed by atoms with Gasteiger partial charge in [0.15, 0.2) is 0 Å². The van der Waals surface area contributed by atoms with Crippen LogP contribution in [0.2, 0.25) is 0 Å². The highest BCUT2D eigenvalue weighted by Gasteiger charge is 2.16. The Morgan fingerprint density at radius 1 is 0.833 bits per heavy atom. The number of hydrogen-bond acceptors (Lipinski definition) is 3. The van der Waals surface area contributed by atoms with Gasteiger partial charge in [-0.05, 0) is 36.1 Å². The van der Waals surface area contributed by atoms with Gasteiger partial charge in [0.25, 0.3) is 0 Å². The fourth-order valence-electron chi connectivity index (χ4n) is 4.35. The zero-order chi connectivity index (χ0) is 25.2. The van der Waals surface area contributed by atoms with Crippen LogP contribution >= 0.6 is 0 Å². The predicted molar refractivity (Wildman–Crippen MR) is 143 cm³/mol. The van der Waals surface area contributed by atoms with Gasteiger partial charge in [0.2, 0.25) is 11.8 Å². The van der Waals surface area contributed by atoms with Crippen LogP contribution in [0.15, 0.2) is 84.9 Å². The minimum atomic E-state index is 0.0566. The maximum Gasteiger partial charge on any atom is 0.242 e. The van der Waals surface area contributed by atoms with Crippen LogP contribution in [0.25, 0.3) is 11.0 Å². The van der Waals surface area contributed by atoms with Crippen molar-refractivity contribution in [2.24, 2.45) is 0 Å². The smallest absolute Gasteiger partial charge is 0.242 e. The van der Waals surface area contributed by atoms with Crippen molar-refractivity contribution in [3.63, 3.8) is 0 Å². The molecule has 36 heavy (non-hydrogen) atoms. The first-order valence-corrected chi connectivity index (χ1v) is 12.6. The molecule has 0 saturated carbocycles. The van der Waals surface area contributed by atoms with Crippen LogP contribution in [0, 0.1) is 0 Å². The summed E-state index contributed by atoms with van der Waals surface area (Å²) >= 11 is 0. The quantitative estimate of drug-likeness (QED) is 0.296. The highest BCUT2D eigenvalue weighted by atomic mass is 16.2. The molecule has 0 aliphatic rings. The molecule has 0 unspecified atom stereocenters. The van der Waals surface area contributed by atoms with Crippen molar-refractivity contribution in [1.82, 2.24) is 19.8 Å². The van der Waals surface area contributed by atoms with Gasteiger partial charge in [0.1, 0.15) is 12.4 Å². The molecule has 1 heterocycles. The number of nitrogens with zero attached hydrogens (tertiary/aromatic N) is 3. The van der Waals surface area contributed by atoms with Gasteiger partial charge in [0.05, 0.1) is 17.5 Å². The molecule has 6 nitrogen and oxygen atoms in total. The van der Waals surface area contributed by atoms with E-state index in [4.69, 9.17) is 4.98 Å². The second-order valence-electron chi connectivity index (χ2n) is 9.16. The number of nitrogens with one attached hydrogen (secondary N) is 1. The molecule has 0 bridgehead atoms. The largest absolute Gasteiger partial charge is 0.356 e. The fraction of sp³-hybridized carbons (Fsp3) is 0.300.